The van der Waals surface area contributed by atoms with Crippen LogP contribution < -0.4 is 10.0 Å². The molecule has 0 radical (unpaired) electrons. The first-order valence-electron chi connectivity index (χ1n) is 16.4. The van der Waals surface area contributed by atoms with Crippen LogP contribution in [-0.4, -0.2) is 41.1 Å². The summed E-state index contributed by atoms with van der Waals surface area (Å²) < 4.78 is 44.3. The minimum absolute atomic E-state index is 0.0659. The molecule has 3 N–H and O–H groups in total. The summed E-state index contributed by atoms with van der Waals surface area (Å²) in [6.07, 6.45) is 0.0561. The maximum Gasteiger partial charge on any atom is 0.242 e. The fraction of sp³-hybridized carbons (Fsp3) is 0.263. The average molecular weight is 750 g/mol. The number of sulfonamides is 1. The lowest BCUT2D eigenvalue weighted by atomic mass is 9.90. The van der Waals surface area contributed by atoms with Gasteiger partial charge in [0.15, 0.2) is 11.4 Å². The van der Waals surface area contributed by atoms with Crippen LogP contribution in [0.3, 0.4) is 0 Å². The number of halogens is 2. The number of nitrogens with one attached hydrogen (secondary N) is 2. The van der Waals surface area contributed by atoms with Gasteiger partial charge in [-0.3, -0.25) is 4.79 Å². The Hall–Kier alpha value is -4.07. The second-order valence-corrected chi connectivity index (χ2v) is 15.0. The van der Waals surface area contributed by atoms with Crippen molar-refractivity contribution in [1.82, 2.24) is 14.3 Å². The molecule has 5 atom stereocenters. The molecule has 266 valence electrons. The van der Waals surface area contributed by atoms with Crippen LogP contribution in [0.1, 0.15) is 47.1 Å². The molecule has 1 aromatic heterocycles. The molecule has 0 saturated carbocycles. The first-order chi connectivity index (χ1) is 24.5. The summed E-state index contributed by atoms with van der Waals surface area (Å²) in [6, 6.07) is 29.2. The molecule has 6 rings (SSSR count). The molecule has 1 aliphatic heterocycles. The van der Waals surface area contributed by atoms with Crippen LogP contribution in [0.4, 0.5) is 5.69 Å². The molecule has 1 amide bonds. The van der Waals surface area contributed by atoms with Crippen molar-refractivity contribution in [2.45, 2.75) is 62.9 Å². The van der Waals surface area contributed by atoms with Gasteiger partial charge >= 0.3 is 0 Å². The summed E-state index contributed by atoms with van der Waals surface area (Å²) in [4.78, 5) is 18.0. The molecule has 0 spiro atoms. The highest BCUT2D eigenvalue weighted by Crippen LogP contribution is 2.42. The van der Waals surface area contributed by atoms with E-state index in [1.807, 2.05) is 74.5 Å². The van der Waals surface area contributed by atoms with Gasteiger partial charge in [0.05, 0.1) is 36.6 Å². The van der Waals surface area contributed by atoms with Crippen LogP contribution in [0, 0.1) is 12.8 Å². The lowest BCUT2D eigenvalue weighted by Gasteiger charge is -2.41. The van der Waals surface area contributed by atoms with Crippen molar-refractivity contribution in [3.8, 4) is 0 Å². The van der Waals surface area contributed by atoms with Crippen molar-refractivity contribution in [2.75, 3.05) is 5.32 Å². The van der Waals surface area contributed by atoms with Crippen LogP contribution >= 0.6 is 23.2 Å². The maximum atomic E-state index is 13.8. The summed E-state index contributed by atoms with van der Waals surface area (Å²) in [6.45, 7) is 4.17. The number of nitrogens with zero attached hydrogens (tertiary/aromatic N) is 2. The van der Waals surface area contributed by atoms with Gasteiger partial charge in [0.25, 0.3) is 0 Å². The molecule has 51 heavy (non-hydrogen) atoms. The number of imidazole rings is 1. The van der Waals surface area contributed by atoms with E-state index in [4.69, 9.17) is 32.7 Å². The second-order valence-electron chi connectivity index (χ2n) is 12.6. The fourth-order valence-corrected chi connectivity index (χ4v) is 7.50. The minimum atomic E-state index is -4.02. The van der Waals surface area contributed by atoms with Gasteiger partial charge in [-0.05, 0) is 54.3 Å². The molecule has 13 heteroatoms. The maximum absolute atomic E-state index is 13.8. The van der Waals surface area contributed by atoms with Gasteiger partial charge in [0, 0.05) is 17.2 Å². The Morgan fingerprint density at radius 3 is 2.31 bits per heavy atom. The zero-order valence-electron chi connectivity index (χ0n) is 27.9. The Labute approximate surface area is 307 Å². The van der Waals surface area contributed by atoms with Crippen LogP contribution in [0.2, 0.25) is 10.3 Å². The van der Waals surface area contributed by atoms with Crippen LogP contribution in [0.25, 0.3) is 0 Å². The molecular formula is C38H38Cl2N4O6S. The standard InChI is InChI=1S/C38H38Cl2N4O6S/c1-24-11-17-31(18-12-24)51(47,48)43-32(19-26-7-4-3-5-8-26)37(46)42-30-10-6-9-29(20-30)38-49-33(21-44-23-41-35(39)36(44)40)25(2)34(50-38)28-15-13-27(22-45)14-16-28/h3-18,20,23,25,32-34,38,43,45H,19,21-22H2,1-2H3,(H,42,46)/t25-,32+,33+,34+,38?/m0/s1. The summed E-state index contributed by atoms with van der Waals surface area (Å²) in [7, 11) is -4.02. The number of anilines is 1. The summed E-state index contributed by atoms with van der Waals surface area (Å²) >= 11 is 12.6. The molecule has 2 heterocycles. The van der Waals surface area contributed by atoms with Gasteiger partial charge < -0.3 is 24.5 Å². The number of benzene rings is 4. The quantitative estimate of drug-likeness (QED) is 0.125. The smallest absolute Gasteiger partial charge is 0.242 e. The van der Waals surface area contributed by atoms with Gasteiger partial charge in [-0.25, -0.2) is 13.4 Å². The van der Waals surface area contributed by atoms with E-state index in [-0.39, 0.29) is 29.0 Å². The van der Waals surface area contributed by atoms with Crippen molar-refractivity contribution in [3.63, 3.8) is 0 Å². The molecule has 1 saturated heterocycles. The lowest BCUT2D eigenvalue weighted by Crippen LogP contribution is -2.45. The number of carbonyl (C=O) groups is 1. The number of carbonyl (C=O) groups excluding carboxylic acids is 1. The number of aliphatic hydroxyl groups excluding tert-OH is 1. The summed E-state index contributed by atoms with van der Waals surface area (Å²) in [5.74, 6) is -0.668. The molecule has 1 aliphatic rings. The van der Waals surface area contributed by atoms with Crippen molar-refractivity contribution in [3.05, 3.63) is 148 Å². The van der Waals surface area contributed by atoms with E-state index in [2.05, 4.69) is 15.0 Å². The molecule has 0 bridgehead atoms. The Bertz CT molecular complexity index is 2060. The summed E-state index contributed by atoms with van der Waals surface area (Å²) in [5, 5.41) is 13.0. The number of aryl methyl sites for hydroxylation is 1. The summed E-state index contributed by atoms with van der Waals surface area (Å²) in [5.41, 5.74) is 4.46. The molecular weight excluding hydrogens is 711 g/mol. The third-order valence-corrected chi connectivity index (χ3v) is 11.1. The molecule has 1 fully saturated rings. The predicted molar refractivity (Wildman–Crippen MR) is 196 cm³/mol. The molecule has 4 aromatic carbocycles. The first kappa shape index (κ1) is 36.7. The second kappa shape index (κ2) is 16.1. The van der Waals surface area contributed by atoms with E-state index in [0.29, 0.717) is 22.9 Å². The van der Waals surface area contributed by atoms with Crippen molar-refractivity contribution in [1.29, 1.82) is 0 Å². The number of ether oxygens (including phenoxy) is 2. The Balaban J connectivity index is 1.26. The highest BCUT2D eigenvalue weighted by Gasteiger charge is 2.39. The van der Waals surface area contributed by atoms with Gasteiger partial charge in [-0.2, -0.15) is 4.72 Å². The topological polar surface area (TPSA) is 132 Å². The van der Waals surface area contributed by atoms with E-state index in [1.54, 1.807) is 41.2 Å². The Morgan fingerprint density at radius 2 is 1.65 bits per heavy atom. The van der Waals surface area contributed by atoms with Crippen LogP contribution in [-0.2, 0) is 43.9 Å². The molecule has 10 nitrogen and oxygen atoms in total. The van der Waals surface area contributed by atoms with E-state index in [9.17, 15) is 18.3 Å². The van der Waals surface area contributed by atoms with Crippen molar-refractivity contribution >= 4 is 44.8 Å². The van der Waals surface area contributed by atoms with Gasteiger partial charge in [-0.15, -0.1) is 0 Å². The van der Waals surface area contributed by atoms with Crippen LogP contribution in [0.5, 0.6) is 0 Å². The fourth-order valence-electron chi connectivity index (χ4n) is 5.99. The average Bonchev–Trinajstić information content (AvgIpc) is 3.45. The molecule has 5 aromatic rings. The normalized spacial score (nSPS) is 19.8. The molecule has 1 unspecified atom stereocenters. The zero-order valence-corrected chi connectivity index (χ0v) is 30.3. The number of aliphatic hydroxyl groups is 1. The zero-order chi connectivity index (χ0) is 36.1. The number of hydrogen-bond acceptors (Lipinski definition) is 7. The number of hydrogen-bond donors (Lipinski definition) is 3. The highest BCUT2D eigenvalue weighted by atomic mass is 35.5. The van der Waals surface area contributed by atoms with E-state index in [1.165, 1.54) is 12.1 Å². The van der Waals surface area contributed by atoms with Crippen LogP contribution in [0.15, 0.2) is 114 Å². The van der Waals surface area contributed by atoms with E-state index < -0.39 is 40.5 Å². The van der Waals surface area contributed by atoms with E-state index in [0.717, 1.165) is 22.3 Å². The van der Waals surface area contributed by atoms with Crippen molar-refractivity contribution < 1.29 is 27.8 Å². The molecule has 0 aliphatic carbocycles. The van der Waals surface area contributed by atoms with Gasteiger partial charge in [0.2, 0.25) is 15.9 Å². The highest BCUT2D eigenvalue weighted by molar-refractivity contribution is 7.89. The third kappa shape index (κ3) is 8.88. The SMILES string of the molecule is Cc1ccc(S(=O)(=O)N[C@H](Cc2ccccc2)C(=O)Nc2cccc(C3O[C@H](Cn4cnc(Cl)c4Cl)[C@H](C)[C@H](c4ccc(CO)cc4)O3)c2)cc1. The van der Waals surface area contributed by atoms with Crippen molar-refractivity contribution in [2.24, 2.45) is 5.92 Å². The number of amides is 1. The minimum Gasteiger partial charge on any atom is -0.392 e. The third-order valence-electron chi connectivity index (χ3n) is 8.89. The number of aromatic nitrogens is 2. The first-order valence-corrected chi connectivity index (χ1v) is 18.6. The lowest BCUT2D eigenvalue weighted by molar-refractivity contribution is -0.276. The number of rotatable bonds is 12. The largest absolute Gasteiger partial charge is 0.392 e. The van der Waals surface area contributed by atoms with Gasteiger partial charge in [-0.1, -0.05) is 115 Å². The Kier molecular flexibility index (Phi) is 11.6. The Morgan fingerprint density at radius 1 is 0.922 bits per heavy atom. The van der Waals surface area contributed by atoms with E-state index >= 15 is 0 Å². The van der Waals surface area contributed by atoms with Gasteiger partial charge in [0.1, 0.15) is 11.2 Å². The predicted octanol–water partition coefficient (Wildman–Crippen LogP) is 7.01. The monoisotopic (exact) mass is 748 g/mol.